The number of hydrogen-bond acceptors (Lipinski definition) is 7. The Balaban J connectivity index is 1.75. The number of anilines is 1. The maximum absolute atomic E-state index is 11.9. The summed E-state index contributed by atoms with van der Waals surface area (Å²) in [6.45, 7) is 0. The molecular formula is C14H16N4O3S. The third-order valence-electron chi connectivity index (χ3n) is 3.16. The second kappa shape index (κ2) is 7.13. The van der Waals surface area contributed by atoms with Crippen molar-refractivity contribution in [3.05, 3.63) is 11.1 Å². The van der Waals surface area contributed by atoms with Crippen molar-refractivity contribution in [2.75, 3.05) is 12.4 Å². The smallest absolute Gasteiger partial charge is 0.311 e. The van der Waals surface area contributed by atoms with Gasteiger partial charge in [0.05, 0.1) is 19.2 Å². The fourth-order valence-corrected chi connectivity index (χ4v) is 2.56. The molecule has 7 nitrogen and oxygen atoms in total. The highest BCUT2D eigenvalue weighted by Crippen LogP contribution is 2.37. The van der Waals surface area contributed by atoms with E-state index in [0.717, 1.165) is 0 Å². The average molecular weight is 320 g/mol. The van der Waals surface area contributed by atoms with Gasteiger partial charge in [0.25, 0.3) is 0 Å². The lowest BCUT2D eigenvalue weighted by Gasteiger charge is -2.07. The van der Waals surface area contributed by atoms with E-state index in [2.05, 4.69) is 31.2 Å². The van der Waals surface area contributed by atoms with Crippen molar-refractivity contribution in [2.45, 2.75) is 37.8 Å². The fraction of sp³-hybridized carbons (Fsp3) is 0.500. The van der Waals surface area contributed by atoms with Crippen LogP contribution < -0.4 is 5.32 Å². The predicted molar refractivity (Wildman–Crippen MR) is 81.4 cm³/mol. The fourth-order valence-electron chi connectivity index (χ4n) is 1.83. The summed E-state index contributed by atoms with van der Waals surface area (Å²) in [5, 5.41) is 12.8. The summed E-state index contributed by atoms with van der Waals surface area (Å²) in [6, 6.07) is 0. The van der Waals surface area contributed by atoms with Crippen LogP contribution in [-0.4, -0.2) is 29.6 Å². The zero-order valence-electron chi connectivity index (χ0n) is 12.2. The third kappa shape index (κ3) is 4.63. The highest BCUT2D eigenvalue weighted by molar-refractivity contribution is 7.13. The van der Waals surface area contributed by atoms with Crippen molar-refractivity contribution in [3.8, 4) is 12.3 Å². The first-order valence-electron chi connectivity index (χ1n) is 6.75. The van der Waals surface area contributed by atoms with Crippen molar-refractivity contribution in [1.82, 2.24) is 4.98 Å². The van der Waals surface area contributed by atoms with Crippen LogP contribution >= 0.6 is 11.3 Å². The van der Waals surface area contributed by atoms with E-state index in [9.17, 15) is 9.59 Å². The molecule has 0 atom stereocenters. The van der Waals surface area contributed by atoms with Gasteiger partial charge in [0.2, 0.25) is 5.91 Å². The highest BCUT2D eigenvalue weighted by Gasteiger charge is 2.39. The molecule has 1 aliphatic heterocycles. The van der Waals surface area contributed by atoms with Gasteiger partial charge in [-0.05, 0) is 0 Å². The molecule has 1 aliphatic rings. The van der Waals surface area contributed by atoms with E-state index in [1.54, 1.807) is 5.38 Å². The molecule has 0 aromatic carbocycles. The number of esters is 1. The summed E-state index contributed by atoms with van der Waals surface area (Å²) in [5.74, 6) is 2.03. The monoisotopic (exact) mass is 320 g/mol. The van der Waals surface area contributed by atoms with Crippen molar-refractivity contribution >= 4 is 28.3 Å². The molecule has 0 radical (unpaired) electrons. The molecule has 22 heavy (non-hydrogen) atoms. The molecule has 0 unspecified atom stereocenters. The molecule has 1 aromatic rings. The van der Waals surface area contributed by atoms with Crippen LogP contribution in [0.1, 0.15) is 31.4 Å². The molecule has 1 aromatic heterocycles. The number of methoxy groups -OCH3 is 1. The topological polar surface area (TPSA) is 93.0 Å². The number of rotatable bonds is 8. The summed E-state index contributed by atoms with van der Waals surface area (Å²) in [7, 11) is 1.32. The van der Waals surface area contributed by atoms with E-state index < -0.39 is 5.66 Å². The van der Waals surface area contributed by atoms with Crippen LogP contribution in [-0.2, 0) is 20.7 Å². The normalized spacial score (nSPS) is 14.2. The molecule has 1 amide bonds. The number of carbonyl (C=O) groups excluding carboxylic acids is 2. The Kier molecular flexibility index (Phi) is 5.22. The van der Waals surface area contributed by atoms with Gasteiger partial charge in [-0.1, -0.05) is 0 Å². The number of terminal acetylenes is 1. The van der Waals surface area contributed by atoms with Crippen LogP contribution in [0.25, 0.3) is 0 Å². The number of amides is 1. The van der Waals surface area contributed by atoms with Crippen LogP contribution in [0.3, 0.4) is 0 Å². The summed E-state index contributed by atoms with van der Waals surface area (Å²) in [4.78, 5) is 27.2. The molecule has 116 valence electrons. The van der Waals surface area contributed by atoms with Gasteiger partial charge in [-0.2, -0.15) is 10.2 Å². The van der Waals surface area contributed by atoms with Crippen LogP contribution in [0.5, 0.6) is 0 Å². The Morgan fingerprint density at radius 2 is 2.23 bits per heavy atom. The lowest BCUT2D eigenvalue weighted by atomic mass is 10.0. The van der Waals surface area contributed by atoms with Gasteiger partial charge < -0.3 is 10.1 Å². The summed E-state index contributed by atoms with van der Waals surface area (Å²) in [5.41, 5.74) is 0.118. The minimum absolute atomic E-state index is 0.0931. The van der Waals surface area contributed by atoms with Crippen LogP contribution in [0.4, 0.5) is 5.13 Å². The number of thiazole rings is 1. The Hall–Kier alpha value is -2.27. The first kappa shape index (κ1) is 16.1. The lowest BCUT2D eigenvalue weighted by molar-refractivity contribution is -0.139. The van der Waals surface area contributed by atoms with Crippen molar-refractivity contribution in [2.24, 2.45) is 10.2 Å². The summed E-state index contributed by atoms with van der Waals surface area (Å²) in [6.07, 6.45) is 7.42. The molecule has 2 heterocycles. The second-order valence-electron chi connectivity index (χ2n) is 4.83. The minimum Gasteiger partial charge on any atom is -0.469 e. The number of nitrogens with zero attached hydrogens (tertiary/aromatic N) is 3. The first-order valence-corrected chi connectivity index (χ1v) is 7.63. The van der Waals surface area contributed by atoms with Gasteiger partial charge in [0, 0.05) is 31.1 Å². The number of ether oxygens (including phenoxy) is 1. The Morgan fingerprint density at radius 1 is 1.45 bits per heavy atom. The van der Waals surface area contributed by atoms with E-state index in [4.69, 9.17) is 6.42 Å². The second-order valence-corrected chi connectivity index (χ2v) is 5.69. The van der Waals surface area contributed by atoms with E-state index in [-0.39, 0.29) is 18.3 Å². The highest BCUT2D eigenvalue weighted by atomic mass is 32.1. The van der Waals surface area contributed by atoms with Crippen LogP contribution in [0.2, 0.25) is 0 Å². The Bertz CT molecular complexity index is 626. The maximum Gasteiger partial charge on any atom is 0.311 e. The van der Waals surface area contributed by atoms with Gasteiger partial charge in [0.15, 0.2) is 10.8 Å². The number of hydrogen-bond donors (Lipinski definition) is 1. The Morgan fingerprint density at radius 3 is 2.86 bits per heavy atom. The van der Waals surface area contributed by atoms with E-state index in [0.29, 0.717) is 36.5 Å². The average Bonchev–Trinajstić information content (AvgIpc) is 3.16. The molecule has 2 rings (SSSR count). The van der Waals surface area contributed by atoms with E-state index in [1.807, 2.05) is 0 Å². The molecule has 8 heteroatoms. The largest absolute Gasteiger partial charge is 0.469 e. The quantitative estimate of drug-likeness (QED) is 0.586. The lowest BCUT2D eigenvalue weighted by Crippen LogP contribution is -2.17. The maximum atomic E-state index is 11.9. The number of carbonyl (C=O) groups is 2. The van der Waals surface area contributed by atoms with Crippen molar-refractivity contribution in [3.63, 3.8) is 0 Å². The molecule has 0 spiro atoms. The third-order valence-corrected chi connectivity index (χ3v) is 3.96. The van der Waals surface area contributed by atoms with E-state index >= 15 is 0 Å². The predicted octanol–water partition coefficient (Wildman–Crippen LogP) is 2.15. The zero-order valence-corrected chi connectivity index (χ0v) is 13.0. The van der Waals surface area contributed by atoms with Gasteiger partial charge in [-0.25, -0.2) is 4.98 Å². The first-order chi connectivity index (χ1) is 10.6. The molecule has 0 saturated heterocycles. The van der Waals surface area contributed by atoms with Crippen LogP contribution in [0, 0.1) is 12.3 Å². The Labute approximate surface area is 132 Å². The standard InChI is InChI=1S/C14H16N4O3S/c1-3-4-6-14(17-18-14)7-5-11(19)16-13-15-10(9-22-13)8-12(20)21-2/h1,9H,4-8H2,2H3,(H,15,16,19). The molecule has 0 fully saturated rings. The van der Waals surface area contributed by atoms with Crippen molar-refractivity contribution in [1.29, 1.82) is 0 Å². The molecule has 1 N–H and O–H groups in total. The van der Waals surface area contributed by atoms with Gasteiger partial charge in [0.1, 0.15) is 0 Å². The molecule has 0 saturated carbocycles. The van der Waals surface area contributed by atoms with Crippen LogP contribution in [0.15, 0.2) is 15.6 Å². The summed E-state index contributed by atoms with van der Waals surface area (Å²) >= 11 is 1.27. The van der Waals surface area contributed by atoms with Gasteiger partial charge in [-0.15, -0.1) is 23.7 Å². The van der Waals surface area contributed by atoms with Gasteiger partial charge in [-0.3, -0.25) is 9.59 Å². The van der Waals surface area contributed by atoms with E-state index in [1.165, 1.54) is 18.4 Å². The van der Waals surface area contributed by atoms with Crippen molar-refractivity contribution < 1.29 is 14.3 Å². The summed E-state index contributed by atoms with van der Waals surface area (Å²) < 4.78 is 4.56. The molecule has 0 aliphatic carbocycles. The minimum atomic E-state index is -0.456. The SMILES string of the molecule is C#CCCC1(CCC(=O)Nc2nc(CC(=O)OC)cs2)N=N1. The molecular weight excluding hydrogens is 304 g/mol. The molecule has 0 bridgehead atoms. The number of aromatic nitrogens is 1. The zero-order chi connectivity index (χ0) is 16.0. The van der Waals surface area contributed by atoms with Gasteiger partial charge >= 0.3 is 5.97 Å². The number of nitrogens with one attached hydrogen (secondary N) is 1.